The van der Waals surface area contributed by atoms with Gasteiger partial charge in [-0.3, -0.25) is 9.78 Å². The van der Waals surface area contributed by atoms with E-state index in [1.807, 2.05) is 42.5 Å². The van der Waals surface area contributed by atoms with Gasteiger partial charge in [0.1, 0.15) is 0 Å². The number of halogens is 3. The number of thiazole rings is 1. The lowest BCUT2D eigenvalue weighted by Gasteiger charge is -2.19. The van der Waals surface area contributed by atoms with E-state index >= 15 is 0 Å². The number of amides is 1. The van der Waals surface area contributed by atoms with Crippen molar-refractivity contribution in [2.24, 2.45) is 0 Å². The van der Waals surface area contributed by atoms with Crippen LogP contribution in [0.25, 0.3) is 0 Å². The van der Waals surface area contributed by atoms with Gasteiger partial charge in [0.25, 0.3) is 0 Å². The molecule has 1 N–H and O–H groups in total. The molecule has 0 bridgehead atoms. The molecule has 2 aromatic heterocycles. The zero-order chi connectivity index (χ0) is 20.1. The van der Waals surface area contributed by atoms with Crippen LogP contribution in [0.15, 0.2) is 59.2 Å². The third-order valence-electron chi connectivity index (χ3n) is 3.87. The normalized spacial score (nSPS) is 12.6. The van der Waals surface area contributed by atoms with Crippen LogP contribution in [0, 0.1) is 6.92 Å². The Morgan fingerprint density at radius 3 is 2.43 bits per heavy atom. The lowest BCUT2D eigenvalue weighted by atomic mass is 9.99. The summed E-state index contributed by atoms with van der Waals surface area (Å²) in [4.78, 5) is 21.1. The van der Waals surface area contributed by atoms with Crippen molar-refractivity contribution in [1.82, 2.24) is 15.3 Å². The summed E-state index contributed by atoms with van der Waals surface area (Å²) in [6.07, 6.45) is 3.26. The summed E-state index contributed by atoms with van der Waals surface area (Å²) >= 11 is 0.634. The Kier molecular flexibility index (Phi) is 6.35. The predicted octanol–water partition coefficient (Wildman–Crippen LogP) is 4.91. The lowest BCUT2D eigenvalue weighted by Crippen LogP contribution is -2.30. The second kappa shape index (κ2) is 8.74. The third-order valence-corrected chi connectivity index (χ3v) is 5.82. The third kappa shape index (κ3) is 5.56. The number of benzene rings is 1. The van der Waals surface area contributed by atoms with E-state index in [1.165, 1.54) is 0 Å². The number of nitrogens with zero attached hydrogens (tertiary/aromatic N) is 2. The van der Waals surface area contributed by atoms with E-state index < -0.39 is 5.51 Å². The van der Waals surface area contributed by atoms with Crippen molar-refractivity contribution in [2.45, 2.75) is 29.2 Å². The molecule has 1 unspecified atom stereocenters. The molecule has 0 radical (unpaired) electrons. The minimum absolute atomic E-state index is 0.0314. The molecule has 0 saturated carbocycles. The molecular weight excluding hydrogens is 407 g/mol. The van der Waals surface area contributed by atoms with Gasteiger partial charge in [0.2, 0.25) is 5.91 Å². The number of alkyl halides is 3. The number of carbonyl (C=O) groups is 1. The molecule has 3 aromatic rings. The molecule has 9 heteroatoms. The highest BCUT2D eigenvalue weighted by Crippen LogP contribution is 2.39. The van der Waals surface area contributed by atoms with Crippen LogP contribution in [-0.2, 0) is 11.2 Å². The number of hydrogen-bond acceptors (Lipinski definition) is 5. The Labute approximate surface area is 168 Å². The zero-order valence-electron chi connectivity index (χ0n) is 14.7. The maximum Gasteiger partial charge on any atom is 0.448 e. The number of hydrogen-bond donors (Lipinski definition) is 1. The van der Waals surface area contributed by atoms with Crippen LogP contribution in [0.5, 0.6) is 0 Å². The highest BCUT2D eigenvalue weighted by Gasteiger charge is 2.31. The van der Waals surface area contributed by atoms with Gasteiger partial charge in [-0.15, -0.1) is 11.3 Å². The monoisotopic (exact) mass is 423 g/mol. The fraction of sp³-hybridized carbons (Fsp3) is 0.211. The van der Waals surface area contributed by atoms with Crippen LogP contribution < -0.4 is 5.32 Å². The number of pyridine rings is 1. The van der Waals surface area contributed by atoms with E-state index in [9.17, 15) is 18.0 Å². The van der Waals surface area contributed by atoms with Crippen LogP contribution in [0.4, 0.5) is 13.2 Å². The number of rotatable bonds is 6. The average molecular weight is 423 g/mol. The Morgan fingerprint density at radius 1 is 1.14 bits per heavy atom. The van der Waals surface area contributed by atoms with Gasteiger partial charge >= 0.3 is 5.51 Å². The number of thioether (sulfide) groups is 1. The first-order valence-corrected chi connectivity index (χ1v) is 9.91. The zero-order valence-corrected chi connectivity index (χ0v) is 16.4. The quantitative estimate of drug-likeness (QED) is 0.573. The van der Waals surface area contributed by atoms with Crippen molar-refractivity contribution in [3.63, 3.8) is 0 Å². The average Bonchev–Trinajstić information content (AvgIpc) is 2.98. The standard InChI is InChI=1S/C19H16F3N3OS2/c1-12-15(27-18(24-12)28-19(20,21)22)11-16(26)25-17(13-5-3-2-4-6-13)14-7-9-23-10-8-14/h2-10,17H,11H2,1H3,(H,25,26). The molecular formula is C19H16F3N3OS2. The molecule has 146 valence electrons. The van der Waals surface area contributed by atoms with E-state index in [4.69, 9.17) is 0 Å². The minimum Gasteiger partial charge on any atom is -0.345 e. The van der Waals surface area contributed by atoms with Gasteiger partial charge < -0.3 is 5.32 Å². The van der Waals surface area contributed by atoms with Gasteiger partial charge in [0.05, 0.1) is 18.2 Å². The van der Waals surface area contributed by atoms with E-state index in [0.717, 1.165) is 22.5 Å². The molecule has 1 amide bonds. The molecule has 0 spiro atoms. The number of aromatic nitrogens is 2. The van der Waals surface area contributed by atoms with E-state index in [-0.39, 0.29) is 34.5 Å². The summed E-state index contributed by atoms with van der Waals surface area (Å²) in [5.74, 6) is -0.291. The molecule has 0 aliphatic carbocycles. The highest BCUT2D eigenvalue weighted by atomic mass is 32.2. The lowest BCUT2D eigenvalue weighted by molar-refractivity contribution is -0.120. The van der Waals surface area contributed by atoms with Crippen molar-refractivity contribution in [3.8, 4) is 0 Å². The molecule has 2 heterocycles. The van der Waals surface area contributed by atoms with E-state index in [0.29, 0.717) is 10.6 Å². The molecule has 1 aromatic carbocycles. The predicted molar refractivity (Wildman–Crippen MR) is 103 cm³/mol. The number of aryl methyl sites for hydroxylation is 1. The molecule has 0 saturated heterocycles. The summed E-state index contributed by atoms with van der Waals surface area (Å²) in [5, 5.41) is 2.97. The molecule has 0 aliphatic heterocycles. The summed E-state index contributed by atoms with van der Waals surface area (Å²) < 4.78 is 37.5. The molecule has 1 atom stereocenters. The second-order valence-corrected chi connectivity index (χ2v) is 8.30. The maximum absolute atomic E-state index is 12.6. The van der Waals surface area contributed by atoms with E-state index in [2.05, 4.69) is 15.3 Å². The van der Waals surface area contributed by atoms with Gasteiger partial charge in [-0.25, -0.2) is 4.98 Å². The van der Waals surface area contributed by atoms with Crippen LogP contribution in [0.1, 0.15) is 27.7 Å². The van der Waals surface area contributed by atoms with Crippen LogP contribution in [0.3, 0.4) is 0 Å². The van der Waals surface area contributed by atoms with E-state index in [1.54, 1.807) is 19.3 Å². The van der Waals surface area contributed by atoms with Gasteiger partial charge in [-0.2, -0.15) is 13.2 Å². The largest absolute Gasteiger partial charge is 0.448 e. The van der Waals surface area contributed by atoms with Crippen molar-refractivity contribution in [3.05, 3.63) is 76.6 Å². The van der Waals surface area contributed by atoms with Crippen molar-refractivity contribution < 1.29 is 18.0 Å². The second-order valence-electron chi connectivity index (χ2n) is 5.90. The molecule has 4 nitrogen and oxygen atoms in total. The summed E-state index contributed by atoms with van der Waals surface area (Å²) in [6.45, 7) is 1.61. The number of nitrogens with one attached hydrogen (secondary N) is 1. The molecule has 28 heavy (non-hydrogen) atoms. The van der Waals surface area contributed by atoms with Gasteiger partial charge in [-0.05, 0) is 30.2 Å². The van der Waals surface area contributed by atoms with Gasteiger partial charge in [0.15, 0.2) is 4.34 Å². The Bertz CT molecular complexity index is 891. The molecule has 0 fully saturated rings. The van der Waals surface area contributed by atoms with Crippen molar-refractivity contribution in [2.75, 3.05) is 0 Å². The Morgan fingerprint density at radius 2 is 1.79 bits per heavy atom. The van der Waals surface area contributed by atoms with Gasteiger partial charge in [0, 0.05) is 29.0 Å². The molecule has 3 rings (SSSR count). The van der Waals surface area contributed by atoms with Crippen molar-refractivity contribution in [1.29, 1.82) is 0 Å². The smallest absolute Gasteiger partial charge is 0.345 e. The minimum atomic E-state index is -4.40. The Balaban J connectivity index is 1.76. The Hall–Kier alpha value is -2.39. The van der Waals surface area contributed by atoms with Crippen LogP contribution in [-0.4, -0.2) is 21.4 Å². The van der Waals surface area contributed by atoms with Crippen molar-refractivity contribution >= 4 is 29.0 Å². The first-order chi connectivity index (χ1) is 13.3. The summed E-state index contributed by atoms with van der Waals surface area (Å²) in [5.41, 5.74) is -2.20. The van der Waals surface area contributed by atoms with Gasteiger partial charge in [-0.1, -0.05) is 30.3 Å². The SMILES string of the molecule is Cc1nc(SC(F)(F)F)sc1CC(=O)NC(c1ccccc1)c1ccncc1. The highest BCUT2D eigenvalue weighted by molar-refractivity contribution is 8.01. The first kappa shape index (κ1) is 20.3. The number of carbonyl (C=O) groups excluding carboxylic acids is 1. The summed E-state index contributed by atoms with van der Waals surface area (Å²) in [6, 6.07) is 12.7. The molecule has 0 aliphatic rings. The summed E-state index contributed by atoms with van der Waals surface area (Å²) in [7, 11) is 0. The first-order valence-electron chi connectivity index (χ1n) is 8.28. The van der Waals surface area contributed by atoms with Crippen LogP contribution in [0.2, 0.25) is 0 Å². The fourth-order valence-corrected chi connectivity index (χ4v) is 4.55. The fourth-order valence-electron chi connectivity index (χ4n) is 2.63. The topological polar surface area (TPSA) is 54.9 Å². The maximum atomic E-state index is 12.6. The van der Waals surface area contributed by atoms with Crippen LogP contribution >= 0.6 is 23.1 Å².